The average molecular weight is 526 g/mol. The summed E-state index contributed by atoms with van der Waals surface area (Å²) < 4.78 is 11.1. The molecule has 2 aromatic heterocycles. The Morgan fingerprint density at radius 1 is 0.967 bits per heavy atom. The molecule has 3 aromatic carbocycles. The van der Waals surface area contributed by atoms with E-state index in [9.17, 15) is 4.79 Å². The monoisotopic (exact) mass is 524 g/mol. The van der Waals surface area contributed by atoms with E-state index in [1.54, 1.807) is 0 Å². The van der Waals surface area contributed by atoms with Gasteiger partial charge in [-0.3, -0.25) is 4.79 Å². The molecule has 0 saturated carbocycles. The summed E-state index contributed by atoms with van der Waals surface area (Å²) in [7, 11) is 0. The number of rotatable bonds is 5. The highest BCUT2D eigenvalue weighted by Crippen LogP contribution is 2.21. The number of fused-ring (bicyclic) bond motifs is 2. The van der Waals surface area contributed by atoms with Crippen LogP contribution in [0.25, 0.3) is 22.0 Å². The highest BCUT2D eigenvalue weighted by atomic mass is 79.9. The summed E-state index contributed by atoms with van der Waals surface area (Å²) in [6, 6.07) is 25.7. The van der Waals surface area contributed by atoms with Gasteiger partial charge in [-0.1, -0.05) is 58.4 Å². The second kappa shape index (κ2) is 8.58. The van der Waals surface area contributed by atoms with E-state index in [-0.39, 0.29) is 29.3 Å². The summed E-state index contributed by atoms with van der Waals surface area (Å²) in [5.74, 6) is 0.965. The van der Waals surface area contributed by atoms with E-state index in [0.29, 0.717) is 12.1 Å². The number of benzene rings is 3. The number of carbonyl (C=O) groups is 1. The van der Waals surface area contributed by atoms with Crippen molar-refractivity contribution in [3.63, 3.8) is 0 Å². The number of hydrogen-bond acceptors (Lipinski definition) is 2. The van der Waals surface area contributed by atoms with Gasteiger partial charge >= 0.3 is 0 Å². The summed E-state index contributed by atoms with van der Waals surface area (Å²) >= 11 is 3.41. The summed E-state index contributed by atoms with van der Waals surface area (Å²) in [6.07, 6.45) is 1.99. The summed E-state index contributed by atoms with van der Waals surface area (Å²) in [4.78, 5) is 12.8. The van der Waals surface area contributed by atoms with Crippen molar-refractivity contribution in [1.29, 1.82) is 0 Å². The average Bonchev–Trinajstić information content (AvgIpc) is 3.30. The number of aromatic nitrogens is 2. The normalized spacial score (nSPS) is 11.0. The third kappa shape index (κ3) is 3.98. The highest BCUT2D eigenvalue weighted by Gasteiger charge is 2.19. The molecule has 2 heterocycles. The van der Waals surface area contributed by atoms with Crippen LogP contribution in [0.15, 0.2) is 94.1 Å². The van der Waals surface area contributed by atoms with Crippen LogP contribution in [0, 0.1) is 0 Å². The van der Waals surface area contributed by atoms with Crippen molar-refractivity contribution in [3.05, 3.63) is 101 Å². The Kier molecular flexibility index (Phi) is 5.88. The Morgan fingerprint density at radius 2 is 1.70 bits per heavy atom. The second-order valence-corrected chi connectivity index (χ2v) is 7.96. The van der Waals surface area contributed by atoms with Crippen molar-refractivity contribution in [2.75, 3.05) is 0 Å². The number of ketones is 1. The molecule has 0 unspecified atom stereocenters. The molecule has 6 heteroatoms. The predicted molar refractivity (Wildman–Crippen MR) is 116 cm³/mol. The number of hydrogen-bond donors (Lipinski definition) is 0. The molecular weight excluding hydrogens is 508 g/mol. The first-order chi connectivity index (χ1) is 14.2. The molecule has 0 bridgehead atoms. The van der Waals surface area contributed by atoms with Gasteiger partial charge in [0.05, 0.1) is 0 Å². The molecule has 0 fully saturated rings. The molecule has 5 rings (SSSR count). The van der Waals surface area contributed by atoms with Crippen molar-refractivity contribution < 1.29 is 30.8 Å². The lowest BCUT2D eigenvalue weighted by atomic mass is 10.1. The standard InChI is InChI=1S/C24H18BrN2O2.BrH/c25-19-11-9-17(10-12-19)23(28)15-27-16-26(21-6-2-3-7-22(21)27)14-20-13-18-5-1-4-8-24(18)29-20;/h1-13,16H,14-15H2;1H/q+1;/p-1. The van der Waals surface area contributed by atoms with Crippen LogP contribution in [0.3, 0.4) is 0 Å². The van der Waals surface area contributed by atoms with Crippen LogP contribution in [0.4, 0.5) is 0 Å². The van der Waals surface area contributed by atoms with E-state index in [1.807, 2.05) is 77.6 Å². The van der Waals surface area contributed by atoms with E-state index in [0.717, 1.165) is 32.2 Å². The minimum atomic E-state index is 0. The summed E-state index contributed by atoms with van der Waals surface area (Å²) in [5, 5.41) is 1.09. The van der Waals surface area contributed by atoms with Crippen molar-refractivity contribution in [2.45, 2.75) is 13.1 Å². The first kappa shape index (κ1) is 20.6. The van der Waals surface area contributed by atoms with Gasteiger partial charge in [-0.2, -0.15) is 0 Å². The number of Topliss-reactive ketones (excluding diaryl/α,β-unsaturated/α-hetero) is 1. The highest BCUT2D eigenvalue weighted by molar-refractivity contribution is 9.10. The minimum Gasteiger partial charge on any atom is -1.00 e. The van der Waals surface area contributed by atoms with Gasteiger partial charge < -0.3 is 21.4 Å². The topological polar surface area (TPSA) is 39.0 Å². The van der Waals surface area contributed by atoms with Crippen LogP contribution in [0.5, 0.6) is 0 Å². The fourth-order valence-electron chi connectivity index (χ4n) is 3.66. The Labute approximate surface area is 192 Å². The van der Waals surface area contributed by atoms with E-state index in [4.69, 9.17) is 4.42 Å². The first-order valence-electron chi connectivity index (χ1n) is 9.41. The lowest BCUT2D eigenvalue weighted by Crippen LogP contribution is -3.00. The maximum Gasteiger partial charge on any atom is 0.245 e. The van der Waals surface area contributed by atoms with Gasteiger partial charge in [0.25, 0.3) is 0 Å². The van der Waals surface area contributed by atoms with Crippen molar-refractivity contribution >= 4 is 43.7 Å². The third-order valence-electron chi connectivity index (χ3n) is 5.06. The molecular formula is C24H18Br2N2O2. The maximum atomic E-state index is 12.8. The zero-order chi connectivity index (χ0) is 19.8. The van der Waals surface area contributed by atoms with Crippen molar-refractivity contribution in [1.82, 2.24) is 4.57 Å². The molecule has 0 aliphatic heterocycles. The SMILES string of the molecule is O=C(C[n+]1cn(Cc2cc3ccccc3o2)c2ccccc21)c1ccc(Br)cc1.[Br-]. The molecule has 0 spiro atoms. The molecule has 0 N–H and O–H groups in total. The number of furan rings is 1. The van der Waals surface area contributed by atoms with Gasteiger partial charge in [-0.25, -0.2) is 9.13 Å². The Bertz CT molecular complexity index is 1300. The van der Waals surface area contributed by atoms with E-state index in [1.165, 1.54) is 0 Å². The third-order valence-corrected chi connectivity index (χ3v) is 5.59. The smallest absolute Gasteiger partial charge is 0.245 e. The van der Waals surface area contributed by atoms with E-state index < -0.39 is 0 Å². The molecule has 0 radical (unpaired) electrons. The number of para-hydroxylation sites is 3. The molecule has 4 nitrogen and oxygen atoms in total. The predicted octanol–water partition coefficient (Wildman–Crippen LogP) is 2.37. The fraction of sp³-hybridized carbons (Fsp3) is 0.0833. The van der Waals surface area contributed by atoms with Crippen molar-refractivity contribution in [3.8, 4) is 0 Å². The van der Waals surface area contributed by atoms with Gasteiger partial charge in [0.1, 0.15) is 17.9 Å². The zero-order valence-corrected chi connectivity index (χ0v) is 19.1. The number of carbonyl (C=O) groups excluding carboxylic acids is 1. The van der Waals surface area contributed by atoms with Crippen LogP contribution < -0.4 is 21.5 Å². The fourth-order valence-corrected chi connectivity index (χ4v) is 3.92. The molecule has 30 heavy (non-hydrogen) atoms. The van der Waals surface area contributed by atoms with Crippen LogP contribution in [0.1, 0.15) is 16.1 Å². The summed E-state index contributed by atoms with van der Waals surface area (Å²) in [6.45, 7) is 0.893. The van der Waals surface area contributed by atoms with Crippen LogP contribution in [-0.2, 0) is 13.1 Å². The molecule has 150 valence electrons. The van der Waals surface area contributed by atoms with Gasteiger partial charge in [0.2, 0.25) is 12.1 Å². The zero-order valence-electron chi connectivity index (χ0n) is 16.0. The Hall–Kier alpha value is -2.70. The van der Waals surface area contributed by atoms with Crippen LogP contribution >= 0.6 is 15.9 Å². The molecule has 5 aromatic rings. The second-order valence-electron chi connectivity index (χ2n) is 7.04. The summed E-state index contributed by atoms with van der Waals surface area (Å²) in [5.41, 5.74) is 3.68. The maximum absolute atomic E-state index is 12.8. The molecule has 0 amide bonds. The van der Waals surface area contributed by atoms with E-state index >= 15 is 0 Å². The molecule has 0 atom stereocenters. The number of imidazole rings is 1. The first-order valence-corrected chi connectivity index (χ1v) is 10.2. The number of nitrogens with zero attached hydrogens (tertiary/aromatic N) is 2. The number of halogens is 2. The van der Waals surface area contributed by atoms with Gasteiger partial charge in [-0.15, -0.1) is 0 Å². The lowest BCUT2D eigenvalue weighted by molar-refractivity contribution is -0.657. The Balaban J connectivity index is 0.00000218. The van der Waals surface area contributed by atoms with Gasteiger partial charge in [0.15, 0.2) is 17.6 Å². The minimum absolute atomic E-state index is 0. The van der Waals surface area contributed by atoms with Gasteiger partial charge in [-0.05, 0) is 36.4 Å². The van der Waals surface area contributed by atoms with E-state index in [2.05, 4.69) is 32.6 Å². The molecule has 0 aliphatic carbocycles. The Morgan fingerprint density at radius 3 is 2.50 bits per heavy atom. The quantitative estimate of drug-likeness (QED) is 0.261. The lowest BCUT2D eigenvalue weighted by Gasteiger charge is -1.99. The van der Waals surface area contributed by atoms with Crippen LogP contribution in [-0.4, -0.2) is 10.4 Å². The van der Waals surface area contributed by atoms with Crippen molar-refractivity contribution in [2.24, 2.45) is 0 Å². The largest absolute Gasteiger partial charge is 1.00 e. The van der Waals surface area contributed by atoms with Crippen LogP contribution in [0.2, 0.25) is 0 Å². The molecule has 0 saturated heterocycles. The molecule has 0 aliphatic rings. The van der Waals surface area contributed by atoms with Gasteiger partial charge in [0, 0.05) is 15.4 Å².